The van der Waals surface area contributed by atoms with E-state index in [4.69, 9.17) is 9.47 Å². The number of benzene rings is 2. The van der Waals surface area contributed by atoms with Crippen molar-refractivity contribution in [3.05, 3.63) is 53.6 Å². The molecule has 0 amide bonds. The zero-order valence-corrected chi connectivity index (χ0v) is 14.1. The van der Waals surface area contributed by atoms with Crippen molar-refractivity contribution in [3.63, 3.8) is 0 Å². The number of anilines is 1. The minimum atomic E-state index is -1.23. The van der Waals surface area contributed by atoms with Crippen molar-refractivity contribution in [2.24, 2.45) is 11.0 Å². The average Bonchev–Trinajstić information content (AvgIpc) is 3.48. The first-order chi connectivity index (χ1) is 12.6. The first-order valence-corrected chi connectivity index (χ1v) is 8.07. The molecular weight excluding hydrogens is 336 g/mol. The molecule has 3 rings (SSSR count). The SMILES string of the molecule is COc1cc(/C=N\Nc2ccc(C(=O)[O-])cc2)ccc1OC(=O)C1CC1. The summed E-state index contributed by atoms with van der Waals surface area (Å²) in [5.74, 6) is -0.622. The third-order valence-corrected chi connectivity index (χ3v) is 3.84. The molecule has 2 aromatic carbocycles. The van der Waals surface area contributed by atoms with Crippen LogP contribution in [-0.4, -0.2) is 25.3 Å². The molecule has 0 heterocycles. The Bertz CT molecular complexity index is 842. The van der Waals surface area contributed by atoms with Crippen LogP contribution in [0.5, 0.6) is 11.5 Å². The van der Waals surface area contributed by atoms with Gasteiger partial charge in [0.25, 0.3) is 0 Å². The Hall–Kier alpha value is -3.35. The molecule has 1 aliphatic rings. The van der Waals surface area contributed by atoms with Gasteiger partial charge in [0.2, 0.25) is 0 Å². The van der Waals surface area contributed by atoms with Crippen molar-refractivity contribution in [1.82, 2.24) is 0 Å². The number of rotatable bonds is 7. The standard InChI is InChI=1S/C19H18N2O5/c1-25-17-10-12(2-9-16(17)26-19(24)14-3-4-14)11-20-21-15-7-5-13(6-8-15)18(22)23/h2,5-11,14,21H,3-4H2,1H3,(H,22,23)/p-1/b20-11-. The van der Waals surface area contributed by atoms with Crippen molar-refractivity contribution in [3.8, 4) is 11.5 Å². The number of hydrogen-bond acceptors (Lipinski definition) is 7. The molecule has 0 aromatic heterocycles. The molecule has 1 aliphatic carbocycles. The zero-order chi connectivity index (χ0) is 18.5. The zero-order valence-electron chi connectivity index (χ0n) is 14.1. The second-order valence-corrected chi connectivity index (χ2v) is 5.84. The highest BCUT2D eigenvalue weighted by Crippen LogP contribution is 2.34. The lowest BCUT2D eigenvalue weighted by Crippen LogP contribution is -2.21. The van der Waals surface area contributed by atoms with Crippen LogP contribution in [0.2, 0.25) is 0 Å². The Balaban J connectivity index is 1.64. The first kappa shape index (κ1) is 17.5. The molecule has 1 saturated carbocycles. The Labute approximate surface area is 150 Å². The highest BCUT2D eigenvalue weighted by atomic mass is 16.6. The molecule has 7 nitrogen and oxygen atoms in total. The molecule has 1 N–H and O–H groups in total. The monoisotopic (exact) mass is 353 g/mol. The van der Waals surface area contributed by atoms with Gasteiger partial charge in [0.1, 0.15) is 0 Å². The van der Waals surface area contributed by atoms with Gasteiger partial charge in [-0.25, -0.2) is 0 Å². The number of aromatic carboxylic acids is 1. The minimum Gasteiger partial charge on any atom is -0.545 e. The van der Waals surface area contributed by atoms with Crippen LogP contribution in [0.25, 0.3) is 0 Å². The molecular formula is C19H17N2O5-. The van der Waals surface area contributed by atoms with Crippen LogP contribution in [-0.2, 0) is 4.79 Å². The second kappa shape index (κ2) is 7.69. The van der Waals surface area contributed by atoms with E-state index in [1.807, 2.05) is 0 Å². The molecule has 0 aliphatic heterocycles. The molecule has 0 spiro atoms. The van der Waals surface area contributed by atoms with Crippen LogP contribution in [0.1, 0.15) is 28.8 Å². The van der Waals surface area contributed by atoms with E-state index in [-0.39, 0.29) is 17.5 Å². The van der Waals surface area contributed by atoms with Gasteiger partial charge in [0, 0.05) is 0 Å². The van der Waals surface area contributed by atoms with E-state index >= 15 is 0 Å². The first-order valence-electron chi connectivity index (χ1n) is 8.07. The van der Waals surface area contributed by atoms with Gasteiger partial charge in [-0.2, -0.15) is 5.10 Å². The van der Waals surface area contributed by atoms with Crippen molar-refractivity contribution in [2.75, 3.05) is 12.5 Å². The lowest BCUT2D eigenvalue weighted by atomic mass is 10.2. The summed E-state index contributed by atoms with van der Waals surface area (Å²) in [6, 6.07) is 11.2. The maximum Gasteiger partial charge on any atom is 0.314 e. The summed E-state index contributed by atoms with van der Waals surface area (Å²) in [6.45, 7) is 0. The number of nitrogens with zero attached hydrogens (tertiary/aromatic N) is 1. The quantitative estimate of drug-likeness (QED) is 0.353. The minimum absolute atomic E-state index is 0.00782. The summed E-state index contributed by atoms with van der Waals surface area (Å²) in [5, 5.41) is 14.8. The van der Waals surface area contributed by atoms with Crippen LogP contribution in [0, 0.1) is 5.92 Å². The van der Waals surface area contributed by atoms with Gasteiger partial charge in [-0.05, 0) is 54.3 Å². The predicted octanol–water partition coefficient (Wildman–Crippen LogP) is 1.82. The van der Waals surface area contributed by atoms with Gasteiger partial charge in [-0.15, -0.1) is 0 Å². The van der Waals surface area contributed by atoms with E-state index in [2.05, 4.69) is 10.5 Å². The van der Waals surface area contributed by atoms with Gasteiger partial charge in [-0.1, -0.05) is 12.1 Å². The predicted molar refractivity (Wildman–Crippen MR) is 93.3 cm³/mol. The number of hydrazone groups is 1. The third kappa shape index (κ3) is 4.38. The van der Waals surface area contributed by atoms with Gasteiger partial charge in [-0.3, -0.25) is 10.2 Å². The van der Waals surface area contributed by atoms with E-state index in [0.29, 0.717) is 17.2 Å². The van der Waals surface area contributed by atoms with Gasteiger partial charge >= 0.3 is 5.97 Å². The molecule has 2 aromatic rings. The summed E-state index contributed by atoms with van der Waals surface area (Å²) in [6.07, 6.45) is 3.32. The normalized spacial score (nSPS) is 13.4. The fourth-order valence-corrected chi connectivity index (χ4v) is 2.22. The summed E-state index contributed by atoms with van der Waals surface area (Å²) in [5.41, 5.74) is 4.27. The summed E-state index contributed by atoms with van der Waals surface area (Å²) < 4.78 is 10.6. The van der Waals surface area contributed by atoms with Gasteiger partial charge in [0.05, 0.1) is 30.9 Å². The highest BCUT2D eigenvalue weighted by Gasteiger charge is 2.32. The van der Waals surface area contributed by atoms with E-state index in [1.165, 1.54) is 19.2 Å². The molecule has 0 unspecified atom stereocenters. The lowest BCUT2D eigenvalue weighted by molar-refractivity contribution is -0.255. The number of carbonyl (C=O) groups is 2. The van der Waals surface area contributed by atoms with Crippen molar-refractivity contribution >= 4 is 23.8 Å². The van der Waals surface area contributed by atoms with Crippen LogP contribution in [0.15, 0.2) is 47.6 Å². The molecule has 0 atom stereocenters. The highest BCUT2D eigenvalue weighted by molar-refractivity contribution is 5.86. The average molecular weight is 353 g/mol. The van der Waals surface area contributed by atoms with E-state index in [1.54, 1.807) is 36.5 Å². The number of ether oxygens (including phenoxy) is 2. The molecule has 7 heteroatoms. The molecule has 1 fully saturated rings. The number of carbonyl (C=O) groups excluding carboxylic acids is 2. The van der Waals surface area contributed by atoms with Crippen molar-refractivity contribution < 1.29 is 24.2 Å². The van der Waals surface area contributed by atoms with Crippen molar-refractivity contribution in [1.29, 1.82) is 0 Å². The Morgan fingerprint density at radius 3 is 2.50 bits per heavy atom. The lowest BCUT2D eigenvalue weighted by Gasteiger charge is -2.09. The van der Waals surface area contributed by atoms with E-state index in [9.17, 15) is 14.7 Å². The van der Waals surface area contributed by atoms with Crippen LogP contribution in [0.4, 0.5) is 5.69 Å². The summed E-state index contributed by atoms with van der Waals surface area (Å²) in [7, 11) is 1.50. The van der Waals surface area contributed by atoms with Crippen molar-refractivity contribution in [2.45, 2.75) is 12.8 Å². The molecule has 134 valence electrons. The maximum absolute atomic E-state index is 11.8. The van der Waals surface area contributed by atoms with Crippen LogP contribution >= 0.6 is 0 Å². The number of methoxy groups -OCH3 is 1. The molecule has 0 bridgehead atoms. The topological polar surface area (TPSA) is 100 Å². The molecule has 0 saturated heterocycles. The largest absolute Gasteiger partial charge is 0.545 e. The van der Waals surface area contributed by atoms with Gasteiger partial charge < -0.3 is 19.4 Å². The fourth-order valence-electron chi connectivity index (χ4n) is 2.22. The fraction of sp³-hybridized carbons (Fsp3) is 0.211. The number of carboxylic acids is 1. The number of carboxylic acid groups (broad SMARTS) is 1. The number of hydrogen-bond donors (Lipinski definition) is 1. The Morgan fingerprint density at radius 2 is 1.88 bits per heavy atom. The number of esters is 1. The van der Waals surface area contributed by atoms with Crippen LogP contribution in [0.3, 0.4) is 0 Å². The smallest absolute Gasteiger partial charge is 0.314 e. The van der Waals surface area contributed by atoms with E-state index in [0.717, 1.165) is 18.4 Å². The van der Waals surface area contributed by atoms with Gasteiger partial charge in [0.15, 0.2) is 11.5 Å². The second-order valence-electron chi connectivity index (χ2n) is 5.84. The Kier molecular flexibility index (Phi) is 5.17. The molecule has 26 heavy (non-hydrogen) atoms. The van der Waals surface area contributed by atoms with Crippen LogP contribution < -0.4 is 20.0 Å². The number of nitrogens with one attached hydrogen (secondary N) is 1. The third-order valence-electron chi connectivity index (χ3n) is 3.84. The Morgan fingerprint density at radius 1 is 1.15 bits per heavy atom. The summed E-state index contributed by atoms with van der Waals surface area (Å²) in [4.78, 5) is 22.5. The summed E-state index contributed by atoms with van der Waals surface area (Å²) >= 11 is 0. The maximum atomic E-state index is 11.8. The molecule has 0 radical (unpaired) electrons. The van der Waals surface area contributed by atoms with E-state index < -0.39 is 5.97 Å².